The first-order valence-electron chi connectivity index (χ1n) is 7.02. The van der Waals surface area contributed by atoms with Gasteiger partial charge >= 0.3 is 6.03 Å². The highest BCUT2D eigenvalue weighted by Crippen LogP contribution is 2.11. The molecule has 114 valence electrons. The third-order valence-electron chi connectivity index (χ3n) is 3.36. The van der Waals surface area contributed by atoms with Crippen molar-refractivity contribution in [2.24, 2.45) is 0 Å². The molecule has 0 aliphatic carbocycles. The normalized spacial score (nSPS) is 13.9. The number of carbonyl (C=O) groups is 1. The number of aliphatic hydroxyl groups excluding tert-OH is 1. The molecule has 0 fully saturated rings. The van der Waals surface area contributed by atoms with Crippen LogP contribution in [0.25, 0.3) is 5.65 Å². The summed E-state index contributed by atoms with van der Waals surface area (Å²) in [7, 11) is 0. The Labute approximate surface area is 123 Å². The van der Waals surface area contributed by atoms with Gasteiger partial charge in [-0.25, -0.2) is 14.3 Å². The van der Waals surface area contributed by atoms with Gasteiger partial charge in [0.25, 0.3) is 0 Å². The van der Waals surface area contributed by atoms with Crippen LogP contribution in [0.3, 0.4) is 0 Å². The zero-order valence-electron chi connectivity index (χ0n) is 12.3. The minimum atomic E-state index is -0.599. The Hall–Kier alpha value is -2.15. The molecule has 0 bridgehead atoms. The number of rotatable bonds is 6. The lowest BCUT2D eigenvalue weighted by molar-refractivity contribution is 0.163. The van der Waals surface area contributed by atoms with Crippen LogP contribution >= 0.6 is 0 Å². The van der Waals surface area contributed by atoms with Crippen LogP contribution in [0.4, 0.5) is 4.79 Å². The van der Waals surface area contributed by atoms with Crippen molar-refractivity contribution in [1.82, 2.24) is 25.2 Å². The molecule has 7 heteroatoms. The molecule has 21 heavy (non-hydrogen) atoms. The molecule has 0 saturated heterocycles. The highest BCUT2D eigenvalue weighted by Gasteiger charge is 2.24. The summed E-state index contributed by atoms with van der Waals surface area (Å²) in [6.45, 7) is 4.08. The first-order chi connectivity index (χ1) is 10.1. The van der Waals surface area contributed by atoms with E-state index < -0.39 is 5.54 Å². The Morgan fingerprint density at radius 3 is 2.95 bits per heavy atom. The highest BCUT2D eigenvalue weighted by molar-refractivity contribution is 5.74. The number of amides is 2. The topological polar surface area (TPSA) is 91.5 Å². The van der Waals surface area contributed by atoms with Crippen LogP contribution in [0.5, 0.6) is 0 Å². The third-order valence-corrected chi connectivity index (χ3v) is 3.36. The van der Waals surface area contributed by atoms with Gasteiger partial charge in [0.05, 0.1) is 30.6 Å². The molecular weight excluding hydrogens is 270 g/mol. The van der Waals surface area contributed by atoms with Crippen molar-refractivity contribution in [3.05, 3.63) is 30.2 Å². The third kappa shape index (κ3) is 3.69. The number of aromatic nitrogens is 3. The highest BCUT2D eigenvalue weighted by atomic mass is 16.3. The van der Waals surface area contributed by atoms with E-state index in [1.165, 1.54) is 0 Å². The molecule has 0 aliphatic heterocycles. The van der Waals surface area contributed by atoms with E-state index >= 15 is 0 Å². The van der Waals surface area contributed by atoms with Gasteiger partial charge in [-0.2, -0.15) is 5.10 Å². The number of nitrogens with zero attached hydrogens (tertiary/aromatic N) is 3. The predicted molar refractivity (Wildman–Crippen MR) is 78.8 cm³/mol. The Kier molecular flexibility index (Phi) is 4.74. The van der Waals surface area contributed by atoms with Gasteiger partial charge in [-0.15, -0.1) is 0 Å². The molecule has 2 heterocycles. The van der Waals surface area contributed by atoms with E-state index in [2.05, 4.69) is 20.7 Å². The minimum absolute atomic E-state index is 0.0904. The molecule has 0 saturated carbocycles. The van der Waals surface area contributed by atoms with E-state index in [9.17, 15) is 9.90 Å². The van der Waals surface area contributed by atoms with Crippen molar-refractivity contribution < 1.29 is 9.90 Å². The molecule has 2 rings (SSSR count). The second kappa shape index (κ2) is 6.53. The molecule has 1 atom stereocenters. The molecule has 0 aliphatic rings. The quantitative estimate of drug-likeness (QED) is 0.742. The summed E-state index contributed by atoms with van der Waals surface area (Å²) >= 11 is 0. The molecule has 3 N–H and O–H groups in total. The van der Waals surface area contributed by atoms with E-state index in [1.807, 2.05) is 13.8 Å². The Morgan fingerprint density at radius 1 is 1.43 bits per heavy atom. The lowest BCUT2D eigenvalue weighted by Crippen LogP contribution is -2.52. The number of urea groups is 1. The lowest BCUT2D eigenvalue weighted by Gasteiger charge is -2.28. The van der Waals surface area contributed by atoms with Gasteiger partial charge in [-0.05, 0) is 19.4 Å². The molecule has 0 aromatic carbocycles. The van der Waals surface area contributed by atoms with Crippen molar-refractivity contribution in [2.45, 2.75) is 38.8 Å². The fraction of sp³-hybridized carbons (Fsp3) is 0.500. The van der Waals surface area contributed by atoms with Gasteiger partial charge in [-0.3, -0.25) is 0 Å². The summed E-state index contributed by atoms with van der Waals surface area (Å²) in [6.07, 6.45) is 4.95. The number of nitrogens with one attached hydrogen (secondary N) is 2. The van der Waals surface area contributed by atoms with Crippen LogP contribution in [0.2, 0.25) is 0 Å². The Morgan fingerprint density at radius 2 is 2.24 bits per heavy atom. The molecule has 1 unspecified atom stereocenters. The molecule has 2 aromatic heterocycles. The van der Waals surface area contributed by atoms with E-state index in [1.54, 1.807) is 29.0 Å². The number of aliphatic hydroxyl groups is 1. The minimum Gasteiger partial charge on any atom is -0.394 e. The van der Waals surface area contributed by atoms with Gasteiger partial charge in [0.15, 0.2) is 5.65 Å². The SMILES string of the molecule is CCCC(C)(CO)NC(=O)NCc1ccnc2ccnn12. The second-order valence-corrected chi connectivity index (χ2v) is 5.31. The van der Waals surface area contributed by atoms with E-state index in [4.69, 9.17) is 0 Å². The molecular formula is C14H21N5O2. The van der Waals surface area contributed by atoms with E-state index in [-0.39, 0.29) is 12.6 Å². The second-order valence-electron chi connectivity index (χ2n) is 5.31. The number of carbonyl (C=O) groups excluding carboxylic acids is 1. The standard InChI is InChI=1S/C14H21N5O2/c1-3-6-14(2,10-20)18-13(21)16-9-11-4-7-15-12-5-8-17-19(11)12/h4-5,7-8,20H,3,6,9-10H2,1-2H3,(H2,16,18,21). The fourth-order valence-corrected chi connectivity index (χ4v) is 2.24. The van der Waals surface area contributed by atoms with Crippen molar-refractivity contribution in [3.63, 3.8) is 0 Å². The molecule has 2 aromatic rings. The van der Waals surface area contributed by atoms with Crippen LogP contribution in [0.15, 0.2) is 24.5 Å². The maximum absolute atomic E-state index is 12.0. The first-order valence-corrected chi connectivity index (χ1v) is 7.02. The maximum Gasteiger partial charge on any atom is 0.315 e. The smallest absolute Gasteiger partial charge is 0.315 e. The van der Waals surface area contributed by atoms with Gasteiger partial charge < -0.3 is 15.7 Å². The van der Waals surface area contributed by atoms with Crippen molar-refractivity contribution in [3.8, 4) is 0 Å². The number of fused-ring (bicyclic) bond motifs is 1. The summed E-state index contributed by atoms with van der Waals surface area (Å²) in [6, 6.07) is 3.29. The zero-order valence-corrected chi connectivity index (χ0v) is 12.3. The van der Waals surface area contributed by atoms with E-state index in [0.717, 1.165) is 24.2 Å². The Balaban J connectivity index is 1.96. The average Bonchev–Trinajstić information content (AvgIpc) is 2.94. The molecule has 7 nitrogen and oxygen atoms in total. The maximum atomic E-state index is 12.0. The zero-order chi connectivity index (χ0) is 15.3. The number of hydrogen-bond acceptors (Lipinski definition) is 4. The van der Waals surface area contributed by atoms with Crippen molar-refractivity contribution in [2.75, 3.05) is 6.61 Å². The molecule has 2 amide bonds. The largest absolute Gasteiger partial charge is 0.394 e. The van der Waals surface area contributed by atoms with Crippen LogP contribution in [-0.2, 0) is 6.54 Å². The van der Waals surface area contributed by atoms with Crippen molar-refractivity contribution in [1.29, 1.82) is 0 Å². The van der Waals surface area contributed by atoms with Crippen LogP contribution < -0.4 is 10.6 Å². The van der Waals surface area contributed by atoms with Gasteiger partial charge in [-0.1, -0.05) is 13.3 Å². The van der Waals surface area contributed by atoms with Crippen LogP contribution in [0.1, 0.15) is 32.4 Å². The first kappa shape index (κ1) is 15.2. The summed E-state index contributed by atoms with van der Waals surface area (Å²) in [4.78, 5) is 16.1. The van der Waals surface area contributed by atoms with Crippen molar-refractivity contribution >= 4 is 11.7 Å². The van der Waals surface area contributed by atoms with E-state index in [0.29, 0.717) is 6.54 Å². The van der Waals surface area contributed by atoms with Crippen LogP contribution in [0, 0.1) is 0 Å². The summed E-state index contributed by atoms with van der Waals surface area (Å²) in [5.41, 5.74) is 0.972. The fourth-order valence-electron chi connectivity index (χ4n) is 2.24. The molecule has 0 radical (unpaired) electrons. The monoisotopic (exact) mass is 291 g/mol. The Bertz CT molecular complexity index is 612. The van der Waals surface area contributed by atoms with Gasteiger partial charge in [0.2, 0.25) is 0 Å². The lowest BCUT2D eigenvalue weighted by atomic mass is 9.98. The van der Waals surface area contributed by atoms with Crippen LogP contribution in [-0.4, -0.2) is 37.9 Å². The molecule has 0 spiro atoms. The summed E-state index contributed by atoms with van der Waals surface area (Å²) in [5.74, 6) is 0. The average molecular weight is 291 g/mol. The van der Waals surface area contributed by atoms with Gasteiger partial charge in [0.1, 0.15) is 0 Å². The summed E-state index contributed by atoms with van der Waals surface area (Å²) < 4.78 is 1.68. The summed E-state index contributed by atoms with van der Waals surface area (Å²) in [5, 5.41) is 19.1. The number of hydrogen-bond donors (Lipinski definition) is 3. The predicted octanol–water partition coefficient (Wildman–Crippen LogP) is 1.08. The van der Waals surface area contributed by atoms with Gasteiger partial charge in [0, 0.05) is 12.3 Å².